The van der Waals surface area contributed by atoms with Crippen molar-refractivity contribution in [1.29, 1.82) is 0 Å². The van der Waals surface area contributed by atoms with Crippen LogP contribution in [-0.4, -0.2) is 82.6 Å². The molecule has 1 atom stereocenters. The fraction of sp³-hybridized carbons (Fsp3) is 0.579. The minimum absolute atomic E-state index is 0.334. The van der Waals surface area contributed by atoms with Gasteiger partial charge in [-0.1, -0.05) is 0 Å². The summed E-state index contributed by atoms with van der Waals surface area (Å²) in [6.45, 7) is 3.86. The lowest BCUT2D eigenvalue weighted by Crippen LogP contribution is -2.40. The average molecular weight is 373 g/mol. The lowest BCUT2D eigenvalue weighted by Gasteiger charge is -2.32. The maximum absolute atomic E-state index is 10.1. The largest absolute Gasteiger partial charge is 0.389 e. The molecule has 27 heavy (non-hydrogen) atoms. The van der Waals surface area contributed by atoms with Crippen molar-refractivity contribution in [2.75, 3.05) is 46.6 Å². The van der Waals surface area contributed by atoms with E-state index in [2.05, 4.69) is 19.9 Å². The van der Waals surface area contributed by atoms with Gasteiger partial charge in [-0.25, -0.2) is 19.9 Å². The molecule has 0 aliphatic carbocycles. The van der Waals surface area contributed by atoms with Crippen molar-refractivity contribution < 1.29 is 14.6 Å². The molecule has 2 aromatic rings. The number of β-amino-alcohol motifs (C(OH)–C–C–N with tert-alkyl or cyclic N) is 1. The predicted molar refractivity (Wildman–Crippen MR) is 100 cm³/mol. The zero-order valence-corrected chi connectivity index (χ0v) is 15.7. The van der Waals surface area contributed by atoms with Gasteiger partial charge < -0.3 is 19.5 Å². The van der Waals surface area contributed by atoms with Crippen LogP contribution in [0.25, 0.3) is 11.3 Å². The molecule has 3 rings (SSSR count). The number of aliphatic hydroxyl groups excluding tert-OH is 1. The van der Waals surface area contributed by atoms with Gasteiger partial charge in [0.15, 0.2) is 0 Å². The molecule has 1 saturated heterocycles. The summed E-state index contributed by atoms with van der Waals surface area (Å²) in [5.41, 5.74) is 1.75. The SMILES string of the molecule is COCCOCC(O)CN1CCC(c2nccc(-c3cncnc3)n2)CC1. The summed E-state index contributed by atoms with van der Waals surface area (Å²) in [5, 5.41) is 10.1. The van der Waals surface area contributed by atoms with Gasteiger partial charge >= 0.3 is 0 Å². The molecule has 1 fully saturated rings. The van der Waals surface area contributed by atoms with Crippen molar-refractivity contribution in [1.82, 2.24) is 24.8 Å². The standard InChI is InChI=1S/C19H27N5O3/c1-26-8-9-27-13-17(25)12-24-6-3-15(4-7-24)19-22-5-2-18(23-19)16-10-20-14-21-11-16/h2,5,10-11,14-15,17,25H,3-4,6-9,12-13H2,1H3. The van der Waals surface area contributed by atoms with Crippen LogP contribution in [0.5, 0.6) is 0 Å². The van der Waals surface area contributed by atoms with Gasteiger partial charge in [0.1, 0.15) is 12.2 Å². The highest BCUT2D eigenvalue weighted by Crippen LogP contribution is 2.26. The van der Waals surface area contributed by atoms with E-state index in [1.165, 1.54) is 6.33 Å². The van der Waals surface area contributed by atoms with Crippen molar-refractivity contribution in [3.05, 3.63) is 36.8 Å². The molecule has 2 aromatic heterocycles. The Balaban J connectivity index is 1.48. The van der Waals surface area contributed by atoms with Gasteiger partial charge in [-0.05, 0) is 32.0 Å². The molecule has 0 saturated carbocycles. The number of methoxy groups -OCH3 is 1. The van der Waals surface area contributed by atoms with Gasteiger partial charge in [-0.15, -0.1) is 0 Å². The number of nitrogens with zero attached hydrogens (tertiary/aromatic N) is 5. The van der Waals surface area contributed by atoms with E-state index in [4.69, 9.17) is 14.5 Å². The second-order valence-electron chi connectivity index (χ2n) is 6.72. The zero-order chi connectivity index (χ0) is 18.9. The Labute approximate surface area is 159 Å². The van der Waals surface area contributed by atoms with Crippen LogP contribution in [0.2, 0.25) is 0 Å². The molecule has 0 bridgehead atoms. The van der Waals surface area contributed by atoms with Crippen LogP contribution in [0.4, 0.5) is 0 Å². The molecule has 1 N–H and O–H groups in total. The third-order valence-electron chi connectivity index (χ3n) is 4.69. The molecule has 8 nitrogen and oxygen atoms in total. The molecule has 8 heteroatoms. The molecular weight excluding hydrogens is 346 g/mol. The van der Waals surface area contributed by atoms with E-state index in [0.717, 1.165) is 43.0 Å². The van der Waals surface area contributed by atoms with E-state index in [9.17, 15) is 5.11 Å². The number of ether oxygens (including phenoxy) is 2. The van der Waals surface area contributed by atoms with E-state index >= 15 is 0 Å². The number of aromatic nitrogens is 4. The van der Waals surface area contributed by atoms with Gasteiger partial charge in [0.05, 0.1) is 31.6 Å². The Bertz CT molecular complexity index is 680. The molecule has 0 aromatic carbocycles. The van der Waals surface area contributed by atoms with E-state index < -0.39 is 6.10 Å². The van der Waals surface area contributed by atoms with Crippen molar-refractivity contribution in [3.63, 3.8) is 0 Å². The lowest BCUT2D eigenvalue weighted by molar-refractivity contribution is -0.00340. The summed E-state index contributed by atoms with van der Waals surface area (Å²) in [5.74, 6) is 1.21. The Morgan fingerprint density at radius 1 is 1.22 bits per heavy atom. The van der Waals surface area contributed by atoms with Gasteiger partial charge in [0.2, 0.25) is 0 Å². The Hall–Kier alpha value is -2.00. The molecule has 1 aliphatic rings. The number of aliphatic hydroxyl groups is 1. The second kappa shape index (κ2) is 10.4. The van der Waals surface area contributed by atoms with Crippen molar-refractivity contribution in [2.24, 2.45) is 0 Å². The van der Waals surface area contributed by atoms with E-state index in [-0.39, 0.29) is 0 Å². The Morgan fingerprint density at radius 2 is 2.00 bits per heavy atom. The van der Waals surface area contributed by atoms with E-state index in [0.29, 0.717) is 32.3 Å². The first-order valence-electron chi connectivity index (χ1n) is 9.31. The van der Waals surface area contributed by atoms with Crippen LogP contribution in [0, 0.1) is 0 Å². The summed E-state index contributed by atoms with van der Waals surface area (Å²) in [4.78, 5) is 19.6. The normalized spacial score (nSPS) is 17.1. The van der Waals surface area contributed by atoms with Crippen LogP contribution in [-0.2, 0) is 9.47 Å². The molecule has 146 valence electrons. The summed E-state index contributed by atoms with van der Waals surface area (Å²) in [6.07, 6.45) is 8.32. The van der Waals surface area contributed by atoms with Gasteiger partial charge in [-0.2, -0.15) is 0 Å². The fourth-order valence-corrected chi connectivity index (χ4v) is 3.25. The van der Waals surface area contributed by atoms with Gasteiger partial charge in [0, 0.05) is 43.7 Å². The van der Waals surface area contributed by atoms with Crippen LogP contribution < -0.4 is 0 Å². The Kier molecular flexibility index (Phi) is 7.58. The quantitative estimate of drug-likeness (QED) is 0.654. The molecular formula is C19H27N5O3. The minimum atomic E-state index is -0.476. The predicted octanol–water partition coefficient (Wildman–Crippen LogP) is 1.14. The molecule has 1 unspecified atom stereocenters. The minimum Gasteiger partial charge on any atom is -0.389 e. The monoisotopic (exact) mass is 373 g/mol. The third-order valence-corrected chi connectivity index (χ3v) is 4.69. The highest BCUT2D eigenvalue weighted by atomic mass is 16.5. The number of hydrogen-bond donors (Lipinski definition) is 1. The first kappa shape index (κ1) is 19.8. The van der Waals surface area contributed by atoms with Crippen molar-refractivity contribution in [2.45, 2.75) is 24.9 Å². The van der Waals surface area contributed by atoms with Crippen LogP contribution in [0.3, 0.4) is 0 Å². The number of piperidine rings is 1. The van der Waals surface area contributed by atoms with Crippen molar-refractivity contribution >= 4 is 0 Å². The van der Waals surface area contributed by atoms with E-state index in [1.807, 2.05) is 6.07 Å². The topological polar surface area (TPSA) is 93.5 Å². The number of hydrogen-bond acceptors (Lipinski definition) is 8. The number of rotatable bonds is 9. The second-order valence-corrected chi connectivity index (χ2v) is 6.72. The van der Waals surface area contributed by atoms with Crippen molar-refractivity contribution in [3.8, 4) is 11.3 Å². The summed E-state index contributed by atoms with van der Waals surface area (Å²) in [7, 11) is 1.64. The van der Waals surface area contributed by atoms with Gasteiger partial charge in [-0.3, -0.25) is 0 Å². The molecule has 0 amide bonds. The third kappa shape index (κ3) is 6.00. The maximum atomic E-state index is 10.1. The summed E-state index contributed by atoms with van der Waals surface area (Å²) >= 11 is 0. The molecule has 0 radical (unpaired) electrons. The average Bonchev–Trinajstić information content (AvgIpc) is 2.72. The van der Waals surface area contributed by atoms with Crippen LogP contribution in [0.1, 0.15) is 24.6 Å². The van der Waals surface area contributed by atoms with Gasteiger partial charge in [0.25, 0.3) is 0 Å². The molecule has 0 spiro atoms. The maximum Gasteiger partial charge on any atom is 0.132 e. The highest BCUT2D eigenvalue weighted by molar-refractivity contribution is 5.55. The lowest BCUT2D eigenvalue weighted by atomic mass is 9.95. The highest BCUT2D eigenvalue weighted by Gasteiger charge is 2.24. The summed E-state index contributed by atoms with van der Waals surface area (Å²) in [6, 6.07) is 1.89. The fourth-order valence-electron chi connectivity index (χ4n) is 3.25. The molecule has 3 heterocycles. The smallest absolute Gasteiger partial charge is 0.132 e. The van der Waals surface area contributed by atoms with E-state index in [1.54, 1.807) is 25.7 Å². The molecule has 1 aliphatic heterocycles. The summed E-state index contributed by atoms with van der Waals surface area (Å²) < 4.78 is 10.3. The zero-order valence-electron chi connectivity index (χ0n) is 15.7. The van der Waals surface area contributed by atoms with Crippen LogP contribution in [0.15, 0.2) is 31.0 Å². The first-order chi connectivity index (χ1) is 13.3. The Morgan fingerprint density at radius 3 is 2.74 bits per heavy atom. The first-order valence-corrected chi connectivity index (χ1v) is 9.31. The number of likely N-dealkylation sites (tertiary alicyclic amines) is 1. The van der Waals surface area contributed by atoms with Crippen LogP contribution >= 0.6 is 0 Å².